The molecule has 2 aliphatic rings. The van der Waals surface area contributed by atoms with Gasteiger partial charge in [0.15, 0.2) is 0 Å². The molecule has 0 saturated carbocycles. The topological polar surface area (TPSA) is 15.8 Å². The van der Waals surface area contributed by atoms with Gasteiger partial charge in [0.25, 0.3) is 0 Å². The van der Waals surface area contributed by atoms with Crippen LogP contribution in [0.25, 0.3) is 0 Å². The highest BCUT2D eigenvalue weighted by Gasteiger charge is 1.93. The molecule has 0 amide bonds. The SMILES string of the molecule is c1cc2[nH]c1=2. The van der Waals surface area contributed by atoms with Crippen molar-refractivity contribution in [2.75, 3.05) is 0 Å². The van der Waals surface area contributed by atoms with Crippen LogP contribution in [0.3, 0.4) is 0 Å². The lowest BCUT2D eigenvalue weighted by Gasteiger charge is -1.57. The van der Waals surface area contributed by atoms with Crippen LogP contribution < -0.4 is 0 Å². The van der Waals surface area contributed by atoms with Gasteiger partial charge in [-0.15, -0.1) is 0 Å². The van der Waals surface area contributed by atoms with E-state index in [0.29, 0.717) is 0 Å². The average molecular weight is 65.1 g/mol. The molecule has 1 aliphatic heterocycles. The summed E-state index contributed by atoms with van der Waals surface area (Å²) in [5, 5.41) is 2.68. The molecule has 0 spiro atoms. The van der Waals surface area contributed by atoms with Crippen molar-refractivity contribution >= 4 is 0 Å². The Hall–Kier alpha value is -0.720. The zero-order valence-electron chi connectivity index (χ0n) is 2.65. The fourth-order valence-electron chi connectivity index (χ4n) is 0.447. The van der Waals surface area contributed by atoms with E-state index in [9.17, 15) is 0 Å². The van der Waals surface area contributed by atoms with Gasteiger partial charge >= 0.3 is 0 Å². The lowest BCUT2D eigenvalue weighted by Crippen LogP contribution is -1.46. The van der Waals surface area contributed by atoms with Gasteiger partial charge in [0.1, 0.15) is 0 Å². The smallest absolute Gasteiger partial charge is 0.0624 e. The molecule has 0 aromatic rings. The quantitative estimate of drug-likeness (QED) is 0.463. The Morgan fingerprint density at radius 3 is 1.80 bits per heavy atom. The van der Waals surface area contributed by atoms with Crippen LogP contribution in [0, 0.1) is 10.7 Å². The number of hydrogen-bond acceptors (Lipinski definition) is 0. The molecule has 1 heterocycles. The van der Waals surface area contributed by atoms with Crippen LogP contribution in [-0.4, -0.2) is 4.98 Å². The van der Waals surface area contributed by atoms with E-state index in [4.69, 9.17) is 0 Å². The van der Waals surface area contributed by atoms with Crippen molar-refractivity contribution in [1.29, 1.82) is 0 Å². The summed E-state index contributed by atoms with van der Waals surface area (Å²) in [6.07, 6.45) is 0. The fourth-order valence-corrected chi connectivity index (χ4v) is 0.447. The summed E-state index contributed by atoms with van der Waals surface area (Å²) in [6, 6.07) is 4.13. The summed E-state index contributed by atoms with van der Waals surface area (Å²) < 4.78 is 0. The van der Waals surface area contributed by atoms with Gasteiger partial charge in [-0.2, -0.15) is 0 Å². The Bertz CT molecular complexity index is 198. The second-order valence-corrected chi connectivity index (χ2v) is 1.29. The number of hydrogen-bond donors (Lipinski definition) is 1. The number of aromatic amines is 1. The van der Waals surface area contributed by atoms with Crippen molar-refractivity contribution in [3.05, 3.63) is 22.8 Å². The normalized spacial score (nSPS) is 12.0. The monoisotopic (exact) mass is 65.0 g/mol. The number of H-pyrrole nitrogens is 1. The van der Waals surface area contributed by atoms with Crippen molar-refractivity contribution in [3.63, 3.8) is 0 Å². The Morgan fingerprint density at radius 1 is 1.20 bits per heavy atom. The Kier molecular flexibility index (Phi) is 0.0822. The first-order valence-corrected chi connectivity index (χ1v) is 1.66. The van der Waals surface area contributed by atoms with E-state index >= 15 is 0 Å². The molecular formula is C4H3N. The highest BCUT2D eigenvalue weighted by atomic mass is 14.8. The van der Waals surface area contributed by atoms with E-state index in [-0.39, 0.29) is 0 Å². The van der Waals surface area contributed by atoms with E-state index in [1.165, 1.54) is 10.7 Å². The first kappa shape index (κ1) is 1.65. The molecule has 0 atom stereocenters. The summed E-state index contributed by atoms with van der Waals surface area (Å²) in [7, 11) is 0. The maximum atomic E-state index is 3.03. The average Bonchev–Trinajstić information content (AvgIpc) is 1.74. The second kappa shape index (κ2) is 0.249. The molecule has 1 N–H and O–H groups in total. The van der Waals surface area contributed by atoms with E-state index in [0.717, 1.165) is 0 Å². The second-order valence-electron chi connectivity index (χ2n) is 1.29. The van der Waals surface area contributed by atoms with Crippen molar-refractivity contribution in [2.24, 2.45) is 0 Å². The highest BCUT2D eigenvalue weighted by molar-refractivity contribution is 5.11. The molecule has 0 bridgehead atoms. The van der Waals surface area contributed by atoms with Gasteiger partial charge in [-0.25, -0.2) is 0 Å². The first-order chi connectivity index (χ1) is 2.47. The van der Waals surface area contributed by atoms with Gasteiger partial charge in [-0.1, -0.05) is 0 Å². The molecule has 24 valence electrons. The summed E-state index contributed by atoms with van der Waals surface area (Å²) >= 11 is 0. The minimum Gasteiger partial charge on any atom is -0.352 e. The zero-order chi connectivity index (χ0) is 3.28. The molecule has 0 radical (unpaired) electrons. The van der Waals surface area contributed by atoms with Crippen molar-refractivity contribution in [1.82, 2.24) is 4.98 Å². The lowest BCUT2D eigenvalue weighted by molar-refractivity contribution is 1.57. The molecule has 0 saturated heterocycles. The van der Waals surface area contributed by atoms with Gasteiger partial charge < -0.3 is 4.98 Å². The Labute approximate surface area is 28.9 Å². The number of nitrogens with one attached hydrogen (secondary N) is 1. The summed E-state index contributed by atoms with van der Waals surface area (Å²) in [5.41, 5.74) is 0. The van der Waals surface area contributed by atoms with Crippen molar-refractivity contribution < 1.29 is 0 Å². The predicted molar refractivity (Wildman–Crippen MR) is 18.5 cm³/mol. The molecule has 0 fully saturated rings. The predicted octanol–water partition coefficient (Wildman–Crippen LogP) is 0.615. The number of rotatable bonds is 0. The third kappa shape index (κ3) is 0.0509. The van der Waals surface area contributed by atoms with Crippen LogP contribution in [-0.2, 0) is 0 Å². The largest absolute Gasteiger partial charge is 0.352 e. The van der Waals surface area contributed by atoms with Gasteiger partial charge in [-0.3, -0.25) is 0 Å². The van der Waals surface area contributed by atoms with Crippen LogP contribution in [0.5, 0.6) is 0 Å². The van der Waals surface area contributed by atoms with Crippen LogP contribution in [0.2, 0.25) is 0 Å². The minimum absolute atomic E-state index is 1.34. The van der Waals surface area contributed by atoms with E-state index < -0.39 is 0 Å². The van der Waals surface area contributed by atoms with E-state index in [1.54, 1.807) is 0 Å². The Balaban J connectivity index is 3.52. The van der Waals surface area contributed by atoms with Gasteiger partial charge in [0, 0.05) is 0 Å². The molecule has 1 nitrogen and oxygen atoms in total. The Morgan fingerprint density at radius 2 is 1.80 bits per heavy atom. The summed E-state index contributed by atoms with van der Waals surface area (Å²) in [4.78, 5) is 3.03. The van der Waals surface area contributed by atoms with Crippen molar-refractivity contribution in [2.45, 2.75) is 0 Å². The molecule has 1 aliphatic carbocycles. The molecule has 5 heavy (non-hydrogen) atoms. The third-order valence-corrected chi connectivity index (χ3v) is 0.914. The molecule has 0 unspecified atom stereocenters. The number of aromatic nitrogens is 1. The van der Waals surface area contributed by atoms with Crippen LogP contribution in [0.1, 0.15) is 0 Å². The molecule has 0 aromatic carbocycles. The molecular weight excluding hydrogens is 62.1 g/mol. The van der Waals surface area contributed by atoms with Crippen molar-refractivity contribution in [3.8, 4) is 0 Å². The highest BCUT2D eigenvalue weighted by Crippen LogP contribution is 2.01. The van der Waals surface area contributed by atoms with E-state index in [2.05, 4.69) is 17.1 Å². The minimum atomic E-state index is 1.34. The maximum absolute atomic E-state index is 3.03. The fraction of sp³-hybridized carbons (Fsp3) is 0. The van der Waals surface area contributed by atoms with Gasteiger partial charge in [-0.05, 0) is 12.1 Å². The summed E-state index contributed by atoms with van der Waals surface area (Å²) in [6.45, 7) is 0. The standard InChI is InChI=1S/C4H3N/c1-2-4-3(1)5-4/h1-2,5H. The van der Waals surface area contributed by atoms with Crippen LogP contribution >= 0.6 is 0 Å². The molecule has 2 rings (SSSR count). The van der Waals surface area contributed by atoms with Gasteiger partial charge in [0.2, 0.25) is 0 Å². The van der Waals surface area contributed by atoms with Crippen LogP contribution in [0.15, 0.2) is 12.1 Å². The molecule has 1 heteroatoms. The third-order valence-electron chi connectivity index (χ3n) is 0.914. The maximum Gasteiger partial charge on any atom is 0.0624 e. The van der Waals surface area contributed by atoms with E-state index in [1.807, 2.05) is 0 Å². The van der Waals surface area contributed by atoms with Crippen LogP contribution in [0.4, 0.5) is 0 Å². The molecule has 0 aromatic heterocycles. The first-order valence-electron chi connectivity index (χ1n) is 1.66. The lowest BCUT2D eigenvalue weighted by atomic mass is 10.4. The van der Waals surface area contributed by atoms with Gasteiger partial charge in [0.05, 0.1) is 10.7 Å². The summed E-state index contributed by atoms with van der Waals surface area (Å²) in [5.74, 6) is 0. The zero-order valence-corrected chi connectivity index (χ0v) is 2.65.